The van der Waals surface area contributed by atoms with Crippen molar-refractivity contribution < 1.29 is 13.2 Å². The molecule has 0 spiro atoms. The third-order valence-electron chi connectivity index (χ3n) is 2.02. The van der Waals surface area contributed by atoms with Gasteiger partial charge >= 0.3 is 5.23 Å². The number of sulfone groups is 1. The molecule has 16 heavy (non-hydrogen) atoms. The molecule has 0 saturated carbocycles. The summed E-state index contributed by atoms with van der Waals surface area (Å²) >= 11 is 5.69. The maximum absolute atomic E-state index is 11.6. The van der Waals surface area contributed by atoms with Gasteiger partial charge in [0.15, 0.2) is 0 Å². The van der Waals surface area contributed by atoms with Crippen LogP contribution in [0.1, 0.15) is 6.92 Å². The predicted octanol–water partition coefficient (Wildman–Crippen LogP) is 2.36. The second-order valence-electron chi connectivity index (χ2n) is 3.19. The fourth-order valence-corrected chi connectivity index (χ4v) is 2.10. The third kappa shape index (κ3) is 1.96. The van der Waals surface area contributed by atoms with Crippen molar-refractivity contribution in [1.29, 1.82) is 0 Å². The van der Waals surface area contributed by atoms with Gasteiger partial charge in [0.25, 0.3) is 9.84 Å². The lowest BCUT2D eigenvalue weighted by Crippen LogP contribution is -2.18. The van der Waals surface area contributed by atoms with Crippen molar-refractivity contribution in [2.24, 2.45) is 4.99 Å². The van der Waals surface area contributed by atoms with Gasteiger partial charge in [-0.25, -0.2) is 13.4 Å². The first-order valence-corrected chi connectivity index (χ1v) is 6.29. The lowest BCUT2D eigenvalue weighted by molar-refractivity contribution is 0.549. The van der Waals surface area contributed by atoms with Crippen molar-refractivity contribution in [3.63, 3.8) is 0 Å². The molecule has 0 fully saturated rings. The molecule has 6 heteroatoms. The molecule has 4 nitrogen and oxygen atoms in total. The normalized spacial score (nSPS) is 17.9. The molecule has 0 amide bonds. The summed E-state index contributed by atoms with van der Waals surface area (Å²) in [4.78, 5) is 3.88. The van der Waals surface area contributed by atoms with E-state index in [0.29, 0.717) is 10.8 Å². The van der Waals surface area contributed by atoms with Crippen molar-refractivity contribution >= 4 is 26.7 Å². The molecule has 0 bridgehead atoms. The predicted molar refractivity (Wildman–Crippen MR) is 62.2 cm³/mol. The summed E-state index contributed by atoms with van der Waals surface area (Å²) < 4.78 is 28.4. The van der Waals surface area contributed by atoms with Gasteiger partial charge in [-0.1, -0.05) is 11.6 Å². The Kier molecular flexibility index (Phi) is 2.73. The van der Waals surface area contributed by atoms with Crippen LogP contribution in [0, 0.1) is 0 Å². The fraction of sp³-hybridized carbons (Fsp3) is 0.100. The first-order valence-electron chi connectivity index (χ1n) is 4.43. The van der Waals surface area contributed by atoms with E-state index in [9.17, 15) is 8.42 Å². The number of rotatable bonds is 1. The van der Waals surface area contributed by atoms with E-state index in [1.807, 2.05) is 0 Å². The Labute approximate surface area is 98.1 Å². The van der Waals surface area contributed by atoms with Gasteiger partial charge in [-0.15, -0.1) is 0 Å². The van der Waals surface area contributed by atoms with Crippen LogP contribution in [0.4, 0.5) is 0 Å². The number of ether oxygens (including phenoxy) is 1. The maximum Gasteiger partial charge on any atom is 0.319 e. The highest BCUT2D eigenvalue weighted by Gasteiger charge is 2.28. The number of allylic oxidation sites excluding steroid dienone is 1. The number of benzene rings is 1. The van der Waals surface area contributed by atoms with Crippen LogP contribution in [0.5, 0.6) is 5.75 Å². The molecule has 2 rings (SSSR count). The van der Waals surface area contributed by atoms with Gasteiger partial charge in [0.05, 0.1) is 4.91 Å². The van der Waals surface area contributed by atoms with Crippen molar-refractivity contribution in [3.05, 3.63) is 40.4 Å². The third-order valence-corrected chi connectivity index (χ3v) is 3.88. The van der Waals surface area contributed by atoms with Crippen LogP contribution in [-0.4, -0.2) is 13.6 Å². The van der Waals surface area contributed by atoms with Crippen molar-refractivity contribution in [2.45, 2.75) is 6.92 Å². The van der Waals surface area contributed by atoms with E-state index in [1.165, 1.54) is 13.1 Å². The van der Waals surface area contributed by atoms with Gasteiger partial charge in [0.2, 0.25) is 0 Å². The lowest BCUT2D eigenvalue weighted by atomic mass is 10.3. The molecule has 0 aliphatic carbocycles. The Morgan fingerprint density at radius 1 is 1.25 bits per heavy atom. The van der Waals surface area contributed by atoms with Crippen molar-refractivity contribution in [3.8, 4) is 5.75 Å². The molecule has 1 heterocycles. The van der Waals surface area contributed by atoms with E-state index in [1.54, 1.807) is 24.3 Å². The molecule has 0 atom stereocenters. The molecule has 0 N–H and O–H groups in total. The highest BCUT2D eigenvalue weighted by Crippen LogP contribution is 2.21. The van der Waals surface area contributed by atoms with Crippen LogP contribution in [0.3, 0.4) is 0 Å². The zero-order valence-corrected chi connectivity index (χ0v) is 9.92. The molecule has 1 aromatic carbocycles. The van der Waals surface area contributed by atoms with Crippen LogP contribution in [0.15, 0.2) is 40.4 Å². The molecular formula is C10H8ClNO3S. The standard InChI is InChI=1S/C10H8ClNO3S/c1-7-6-12-10(16(7,13)14)15-9-4-2-8(11)3-5-9/h2-6H,1H3. The van der Waals surface area contributed by atoms with E-state index in [2.05, 4.69) is 4.99 Å². The molecule has 0 unspecified atom stereocenters. The minimum atomic E-state index is -3.52. The Balaban J connectivity index is 2.23. The van der Waals surface area contributed by atoms with Gasteiger partial charge in [0, 0.05) is 11.2 Å². The second-order valence-corrected chi connectivity index (χ2v) is 5.63. The summed E-state index contributed by atoms with van der Waals surface area (Å²) in [6.07, 6.45) is 1.26. The summed E-state index contributed by atoms with van der Waals surface area (Å²) in [6.45, 7) is 1.47. The van der Waals surface area contributed by atoms with Gasteiger partial charge in [-0.3, -0.25) is 0 Å². The topological polar surface area (TPSA) is 55.7 Å². The Morgan fingerprint density at radius 2 is 1.88 bits per heavy atom. The van der Waals surface area contributed by atoms with E-state index in [0.717, 1.165) is 0 Å². The lowest BCUT2D eigenvalue weighted by Gasteiger charge is -2.05. The minimum absolute atomic E-state index is 0.177. The number of halogens is 1. The molecule has 0 radical (unpaired) electrons. The van der Waals surface area contributed by atoms with Crippen LogP contribution in [-0.2, 0) is 9.84 Å². The molecular weight excluding hydrogens is 250 g/mol. The fourth-order valence-electron chi connectivity index (χ4n) is 1.10. The van der Waals surface area contributed by atoms with E-state index in [4.69, 9.17) is 16.3 Å². The average Bonchev–Trinajstić information content (AvgIpc) is 2.48. The molecule has 84 valence electrons. The first kappa shape index (κ1) is 11.2. The number of hydrogen-bond acceptors (Lipinski definition) is 4. The highest BCUT2D eigenvalue weighted by molar-refractivity contribution is 8.09. The van der Waals surface area contributed by atoms with Crippen LogP contribution in [0.25, 0.3) is 0 Å². The second kappa shape index (κ2) is 3.92. The summed E-state index contributed by atoms with van der Waals surface area (Å²) in [5.74, 6) is 0.384. The average molecular weight is 258 g/mol. The molecule has 1 aliphatic heterocycles. The number of aliphatic imine (C=N–C) groups is 1. The van der Waals surface area contributed by atoms with Crippen molar-refractivity contribution in [2.75, 3.05) is 0 Å². The Bertz CT molecular complexity index is 573. The number of nitrogens with zero attached hydrogens (tertiary/aromatic N) is 1. The Hall–Kier alpha value is -1.33. The highest BCUT2D eigenvalue weighted by atomic mass is 35.5. The van der Waals surface area contributed by atoms with E-state index >= 15 is 0 Å². The van der Waals surface area contributed by atoms with Gasteiger partial charge < -0.3 is 4.74 Å². The van der Waals surface area contributed by atoms with Crippen LogP contribution in [0.2, 0.25) is 5.02 Å². The first-order chi connectivity index (χ1) is 7.50. The smallest absolute Gasteiger partial charge is 0.319 e. The largest absolute Gasteiger partial charge is 0.430 e. The molecule has 1 aliphatic rings. The summed E-state index contributed by atoms with van der Waals surface area (Å²) in [5, 5.41) is 0.255. The van der Waals surface area contributed by atoms with Crippen LogP contribution >= 0.6 is 11.6 Å². The molecule has 1 aromatic rings. The van der Waals surface area contributed by atoms with Crippen LogP contribution < -0.4 is 4.74 Å². The van der Waals surface area contributed by atoms with Gasteiger partial charge in [-0.2, -0.15) is 0 Å². The SMILES string of the molecule is CC1=CN=C(Oc2ccc(Cl)cc2)S1(=O)=O. The van der Waals surface area contributed by atoms with Crippen molar-refractivity contribution in [1.82, 2.24) is 0 Å². The summed E-state index contributed by atoms with van der Waals surface area (Å²) in [7, 11) is -3.52. The Morgan fingerprint density at radius 3 is 2.38 bits per heavy atom. The zero-order valence-electron chi connectivity index (χ0n) is 8.34. The molecule has 0 aromatic heterocycles. The minimum Gasteiger partial charge on any atom is -0.430 e. The summed E-state index contributed by atoms with van der Waals surface area (Å²) in [5.41, 5.74) is 0. The monoisotopic (exact) mass is 257 g/mol. The maximum atomic E-state index is 11.6. The zero-order chi connectivity index (χ0) is 11.8. The van der Waals surface area contributed by atoms with E-state index < -0.39 is 9.84 Å². The van der Waals surface area contributed by atoms with Gasteiger partial charge in [-0.05, 0) is 31.2 Å². The van der Waals surface area contributed by atoms with Gasteiger partial charge in [0.1, 0.15) is 5.75 Å². The van der Waals surface area contributed by atoms with E-state index in [-0.39, 0.29) is 10.1 Å². The molecule has 0 saturated heterocycles. The number of hydrogen-bond donors (Lipinski definition) is 0. The summed E-state index contributed by atoms with van der Waals surface area (Å²) in [6, 6.07) is 6.38. The quantitative estimate of drug-likeness (QED) is 0.776.